The summed E-state index contributed by atoms with van der Waals surface area (Å²) in [4.78, 5) is 56.0. The van der Waals surface area contributed by atoms with E-state index in [0.29, 0.717) is 0 Å². The fourth-order valence-corrected chi connectivity index (χ4v) is 6.32. The Hall–Kier alpha value is -4.91. The van der Waals surface area contributed by atoms with E-state index in [-0.39, 0.29) is 50.2 Å². The first-order valence-electron chi connectivity index (χ1n) is 16.4. The van der Waals surface area contributed by atoms with Gasteiger partial charge in [0, 0.05) is 62.4 Å². The van der Waals surface area contributed by atoms with E-state index in [1.807, 2.05) is 42.5 Å². The highest BCUT2D eigenvalue weighted by molar-refractivity contribution is 5.90. The van der Waals surface area contributed by atoms with Crippen molar-refractivity contribution in [1.29, 1.82) is 5.26 Å². The summed E-state index contributed by atoms with van der Waals surface area (Å²) in [6, 6.07) is 15.6. The zero-order chi connectivity index (χ0) is 34.2. The molecule has 3 fully saturated rings. The summed E-state index contributed by atoms with van der Waals surface area (Å²) in [5.41, 5.74) is 3.88. The van der Waals surface area contributed by atoms with Crippen LogP contribution in [-0.2, 0) is 32.2 Å². The highest BCUT2D eigenvalue weighted by Crippen LogP contribution is 2.25. The van der Waals surface area contributed by atoms with Crippen LogP contribution in [0, 0.1) is 35.0 Å². The predicted octanol–water partition coefficient (Wildman–Crippen LogP) is 2.17. The minimum absolute atomic E-state index is 0.0328. The molecule has 2 aromatic carbocycles. The Morgan fingerprint density at radius 1 is 0.875 bits per heavy atom. The first-order chi connectivity index (χ1) is 23.1. The van der Waals surface area contributed by atoms with Crippen LogP contribution in [0.15, 0.2) is 48.5 Å². The Morgan fingerprint density at radius 2 is 1.48 bits per heavy atom. The lowest BCUT2D eigenvalue weighted by Gasteiger charge is -2.26. The van der Waals surface area contributed by atoms with Gasteiger partial charge >= 0.3 is 6.09 Å². The van der Waals surface area contributed by atoms with E-state index in [9.17, 15) is 29.5 Å². The molecule has 3 heterocycles. The van der Waals surface area contributed by atoms with Crippen LogP contribution in [0.5, 0.6) is 0 Å². The van der Waals surface area contributed by atoms with Gasteiger partial charge in [0.2, 0.25) is 17.7 Å². The normalized spacial score (nSPS) is 22.5. The summed E-state index contributed by atoms with van der Waals surface area (Å²) in [5.74, 6) is 4.40. The minimum atomic E-state index is -1.27. The van der Waals surface area contributed by atoms with Crippen molar-refractivity contribution in [2.24, 2.45) is 11.8 Å². The first kappa shape index (κ1) is 34.4. The second kappa shape index (κ2) is 15.8. The van der Waals surface area contributed by atoms with Crippen molar-refractivity contribution in [3.63, 3.8) is 0 Å². The molecule has 3 N–H and O–H groups in total. The third-order valence-electron chi connectivity index (χ3n) is 8.99. The summed E-state index contributed by atoms with van der Waals surface area (Å²) in [7, 11) is 0. The largest absolute Gasteiger partial charge is 0.465 e. The molecule has 0 radical (unpaired) electrons. The monoisotopic (exact) mass is 654 g/mol. The van der Waals surface area contributed by atoms with Gasteiger partial charge in [0.15, 0.2) is 0 Å². The van der Waals surface area contributed by atoms with E-state index in [0.717, 1.165) is 54.4 Å². The van der Waals surface area contributed by atoms with E-state index in [2.05, 4.69) is 39.5 Å². The van der Waals surface area contributed by atoms with Gasteiger partial charge in [-0.2, -0.15) is 5.26 Å². The molecule has 3 saturated heterocycles. The van der Waals surface area contributed by atoms with Gasteiger partial charge in [0.1, 0.15) is 12.1 Å². The van der Waals surface area contributed by atoms with Crippen molar-refractivity contribution < 1.29 is 29.0 Å². The Labute approximate surface area is 281 Å². The SMILES string of the molecule is CC(C)C(=O)N1C[C@H](NC(=O)[C@@H]2C[C@@H](C#N)CN2C(=O)O)C[C@@H]1C(=O)NCc1ccc(C#Cc2ccc(CN3CCOCC3)cc2)cc1. The van der Waals surface area contributed by atoms with Crippen LogP contribution in [-0.4, -0.2) is 101 Å². The number of amides is 4. The van der Waals surface area contributed by atoms with Gasteiger partial charge in [-0.3, -0.25) is 24.2 Å². The van der Waals surface area contributed by atoms with Crippen LogP contribution in [0.2, 0.25) is 0 Å². The van der Waals surface area contributed by atoms with Crippen LogP contribution >= 0.6 is 0 Å². The molecule has 48 heavy (non-hydrogen) atoms. The zero-order valence-electron chi connectivity index (χ0n) is 27.4. The number of carboxylic acid groups (broad SMARTS) is 1. The lowest BCUT2D eigenvalue weighted by molar-refractivity contribution is -0.140. The number of ether oxygens (including phenoxy) is 1. The van der Waals surface area contributed by atoms with E-state index in [1.165, 1.54) is 10.5 Å². The molecular formula is C36H42N6O6. The summed E-state index contributed by atoms with van der Waals surface area (Å²) in [5, 5.41) is 24.5. The van der Waals surface area contributed by atoms with Crippen molar-refractivity contribution in [2.75, 3.05) is 39.4 Å². The maximum absolute atomic E-state index is 13.4. The summed E-state index contributed by atoms with van der Waals surface area (Å²) >= 11 is 0. The quantitative estimate of drug-likeness (QED) is 0.366. The predicted molar refractivity (Wildman–Crippen MR) is 176 cm³/mol. The number of hydrogen-bond acceptors (Lipinski definition) is 7. The van der Waals surface area contributed by atoms with Crippen molar-refractivity contribution in [1.82, 2.24) is 25.3 Å². The topological polar surface area (TPSA) is 155 Å². The Kier molecular flexibility index (Phi) is 11.3. The molecule has 4 amide bonds. The molecule has 0 saturated carbocycles. The molecule has 4 atom stereocenters. The van der Waals surface area contributed by atoms with Crippen LogP contribution < -0.4 is 10.6 Å². The van der Waals surface area contributed by atoms with Crippen LogP contribution in [0.4, 0.5) is 4.79 Å². The standard InChI is InChI=1S/C36H42N6O6/c1-24(2)35(45)41-23-30(39-34(44)31-17-29(19-37)22-42(31)36(46)47)18-32(41)33(43)38-20-27-9-5-25(6-10-27)3-4-26-7-11-28(12-8-26)21-40-13-15-48-16-14-40/h5-12,24,29-32H,13-18,20-23H2,1-2H3,(H,38,43)(H,39,44)(H,46,47)/t29-,30+,31-,32+/m0/s1. The Balaban J connectivity index is 1.15. The number of likely N-dealkylation sites (tertiary alicyclic amines) is 2. The van der Waals surface area contributed by atoms with E-state index < -0.39 is 36.0 Å². The third kappa shape index (κ3) is 8.71. The van der Waals surface area contributed by atoms with Gasteiger partial charge in [0.05, 0.1) is 25.2 Å². The Morgan fingerprint density at radius 3 is 2.06 bits per heavy atom. The molecule has 0 aromatic heterocycles. The minimum Gasteiger partial charge on any atom is -0.465 e. The first-order valence-corrected chi connectivity index (χ1v) is 16.4. The number of hydrogen-bond donors (Lipinski definition) is 3. The molecule has 0 bridgehead atoms. The number of carbonyl (C=O) groups is 4. The van der Waals surface area contributed by atoms with Crippen molar-refractivity contribution in [2.45, 2.75) is 57.9 Å². The summed E-state index contributed by atoms with van der Waals surface area (Å²) in [6.07, 6.45) is -0.967. The number of nitrogens with zero attached hydrogens (tertiary/aromatic N) is 4. The highest BCUT2D eigenvalue weighted by atomic mass is 16.5. The van der Waals surface area contributed by atoms with E-state index in [4.69, 9.17) is 4.74 Å². The second-order valence-corrected chi connectivity index (χ2v) is 12.9. The average molecular weight is 655 g/mol. The van der Waals surface area contributed by atoms with Crippen molar-refractivity contribution in [3.8, 4) is 17.9 Å². The average Bonchev–Trinajstić information content (AvgIpc) is 3.73. The molecule has 2 aromatic rings. The van der Waals surface area contributed by atoms with Crippen LogP contribution in [0.1, 0.15) is 48.9 Å². The number of rotatable bonds is 8. The smallest absolute Gasteiger partial charge is 0.408 e. The lowest BCUT2D eigenvalue weighted by Crippen LogP contribution is -2.49. The van der Waals surface area contributed by atoms with Gasteiger partial charge < -0.3 is 25.4 Å². The second-order valence-electron chi connectivity index (χ2n) is 12.9. The molecule has 5 rings (SSSR count). The zero-order valence-corrected chi connectivity index (χ0v) is 27.4. The lowest BCUT2D eigenvalue weighted by atomic mass is 10.1. The molecule has 252 valence electrons. The van der Waals surface area contributed by atoms with E-state index >= 15 is 0 Å². The number of nitrogens with one attached hydrogen (secondary N) is 2. The van der Waals surface area contributed by atoms with Gasteiger partial charge in [-0.05, 0) is 48.2 Å². The molecule has 12 heteroatoms. The molecule has 0 spiro atoms. The summed E-state index contributed by atoms with van der Waals surface area (Å²) < 4.78 is 5.42. The number of carbonyl (C=O) groups excluding carboxylic acids is 3. The fourth-order valence-electron chi connectivity index (χ4n) is 6.32. The summed E-state index contributed by atoms with van der Waals surface area (Å²) in [6.45, 7) is 8.19. The molecule has 12 nitrogen and oxygen atoms in total. The fraction of sp³-hybridized carbons (Fsp3) is 0.472. The van der Waals surface area contributed by atoms with Crippen LogP contribution in [0.25, 0.3) is 0 Å². The third-order valence-corrected chi connectivity index (χ3v) is 8.99. The molecule has 0 aliphatic carbocycles. The van der Waals surface area contributed by atoms with Gasteiger partial charge in [-0.15, -0.1) is 0 Å². The number of nitriles is 1. The van der Waals surface area contributed by atoms with Gasteiger partial charge in [0.25, 0.3) is 0 Å². The highest BCUT2D eigenvalue weighted by Gasteiger charge is 2.44. The molecular weight excluding hydrogens is 612 g/mol. The van der Waals surface area contributed by atoms with Gasteiger partial charge in [-0.1, -0.05) is 50.0 Å². The van der Waals surface area contributed by atoms with E-state index in [1.54, 1.807) is 13.8 Å². The number of morpholine rings is 1. The van der Waals surface area contributed by atoms with Crippen LogP contribution in [0.3, 0.4) is 0 Å². The Bertz CT molecular complexity index is 1590. The van der Waals surface area contributed by atoms with Gasteiger partial charge in [-0.25, -0.2) is 4.79 Å². The molecule has 0 unspecified atom stereocenters. The molecule has 3 aliphatic rings. The molecule has 3 aliphatic heterocycles. The maximum Gasteiger partial charge on any atom is 0.408 e. The maximum atomic E-state index is 13.4. The van der Waals surface area contributed by atoms with Crippen molar-refractivity contribution >= 4 is 23.8 Å². The van der Waals surface area contributed by atoms with Crippen molar-refractivity contribution in [3.05, 3.63) is 70.8 Å². The number of benzene rings is 2.